The molecule has 3 aromatic heterocycles. The number of benzene rings is 1. The van der Waals surface area contributed by atoms with E-state index in [1.54, 1.807) is 0 Å². The van der Waals surface area contributed by atoms with Gasteiger partial charge in [0.25, 0.3) is 0 Å². The lowest BCUT2D eigenvalue weighted by Crippen LogP contribution is -2.10. The SMILES string of the molecule is CCc1ccc(C(c2ccccc2)c2oc3nc(C)cc(C)c3c2NC(C)=O)o1. The van der Waals surface area contributed by atoms with Crippen LogP contribution in [0.15, 0.2) is 57.4 Å². The van der Waals surface area contributed by atoms with E-state index in [4.69, 9.17) is 8.83 Å². The van der Waals surface area contributed by atoms with Gasteiger partial charge in [0.15, 0.2) is 0 Å². The fourth-order valence-electron chi connectivity index (χ4n) is 3.79. The zero-order valence-corrected chi connectivity index (χ0v) is 17.1. The van der Waals surface area contributed by atoms with Crippen LogP contribution in [0.4, 0.5) is 5.69 Å². The van der Waals surface area contributed by atoms with Crippen LogP contribution in [0.5, 0.6) is 0 Å². The molecule has 1 N–H and O–H groups in total. The van der Waals surface area contributed by atoms with E-state index in [2.05, 4.69) is 17.2 Å². The maximum Gasteiger partial charge on any atom is 0.228 e. The first-order valence-electron chi connectivity index (χ1n) is 9.79. The molecule has 29 heavy (non-hydrogen) atoms. The molecule has 0 fully saturated rings. The Balaban J connectivity index is 2.01. The van der Waals surface area contributed by atoms with E-state index in [0.717, 1.165) is 40.1 Å². The highest BCUT2D eigenvalue weighted by molar-refractivity contribution is 6.02. The number of hydrogen-bond acceptors (Lipinski definition) is 4. The molecule has 1 unspecified atom stereocenters. The predicted octanol–water partition coefficient (Wildman–Crippen LogP) is 5.74. The van der Waals surface area contributed by atoms with Crippen molar-refractivity contribution in [2.45, 2.75) is 40.0 Å². The van der Waals surface area contributed by atoms with Crippen molar-refractivity contribution in [1.82, 2.24) is 4.98 Å². The number of fused-ring (bicyclic) bond motifs is 1. The summed E-state index contributed by atoms with van der Waals surface area (Å²) in [6.45, 7) is 7.49. The van der Waals surface area contributed by atoms with Gasteiger partial charge < -0.3 is 14.2 Å². The highest BCUT2D eigenvalue weighted by atomic mass is 16.4. The number of amides is 1. The van der Waals surface area contributed by atoms with Gasteiger partial charge in [-0.2, -0.15) is 0 Å². The topological polar surface area (TPSA) is 68.3 Å². The Morgan fingerprint density at radius 1 is 1.10 bits per heavy atom. The highest BCUT2D eigenvalue weighted by Gasteiger charge is 2.30. The van der Waals surface area contributed by atoms with Gasteiger partial charge in [-0.25, -0.2) is 4.98 Å². The van der Waals surface area contributed by atoms with Gasteiger partial charge in [0.2, 0.25) is 11.6 Å². The Bertz CT molecular complexity index is 1170. The number of nitrogens with one attached hydrogen (secondary N) is 1. The molecule has 0 saturated carbocycles. The normalized spacial score (nSPS) is 12.3. The molecule has 5 nitrogen and oxygen atoms in total. The summed E-state index contributed by atoms with van der Waals surface area (Å²) in [5.41, 5.74) is 4.06. The minimum atomic E-state index is -0.299. The van der Waals surface area contributed by atoms with Crippen LogP contribution in [-0.4, -0.2) is 10.9 Å². The minimum absolute atomic E-state index is 0.158. The molecule has 0 spiro atoms. The Morgan fingerprint density at radius 2 is 1.86 bits per heavy atom. The van der Waals surface area contributed by atoms with E-state index >= 15 is 0 Å². The van der Waals surface area contributed by atoms with Gasteiger partial charge in [-0.05, 0) is 43.2 Å². The number of pyridine rings is 1. The third-order valence-electron chi connectivity index (χ3n) is 5.03. The summed E-state index contributed by atoms with van der Waals surface area (Å²) >= 11 is 0. The summed E-state index contributed by atoms with van der Waals surface area (Å²) in [5, 5.41) is 3.81. The van der Waals surface area contributed by atoms with E-state index in [-0.39, 0.29) is 11.8 Å². The molecule has 4 rings (SSSR count). The van der Waals surface area contributed by atoms with Crippen molar-refractivity contribution < 1.29 is 13.6 Å². The van der Waals surface area contributed by atoms with Crippen LogP contribution in [-0.2, 0) is 11.2 Å². The van der Waals surface area contributed by atoms with E-state index in [9.17, 15) is 4.79 Å². The van der Waals surface area contributed by atoms with Crippen LogP contribution in [0.2, 0.25) is 0 Å². The van der Waals surface area contributed by atoms with E-state index in [1.165, 1.54) is 6.92 Å². The van der Waals surface area contributed by atoms with E-state index in [1.807, 2.05) is 62.4 Å². The van der Waals surface area contributed by atoms with Gasteiger partial charge in [0.05, 0.1) is 11.1 Å². The van der Waals surface area contributed by atoms with E-state index in [0.29, 0.717) is 17.2 Å². The average Bonchev–Trinajstić information content (AvgIpc) is 3.28. The predicted molar refractivity (Wildman–Crippen MR) is 113 cm³/mol. The van der Waals surface area contributed by atoms with Crippen molar-refractivity contribution in [3.63, 3.8) is 0 Å². The molecule has 5 heteroatoms. The molecule has 1 atom stereocenters. The Labute approximate surface area is 169 Å². The number of rotatable bonds is 5. The molecule has 0 aliphatic rings. The van der Waals surface area contributed by atoms with Gasteiger partial charge in [0, 0.05) is 19.0 Å². The fourth-order valence-corrected chi connectivity index (χ4v) is 3.79. The quantitative estimate of drug-likeness (QED) is 0.473. The second kappa shape index (κ2) is 7.59. The molecule has 0 radical (unpaired) electrons. The van der Waals surface area contributed by atoms with Gasteiger partial charge >= 0.3 is 0 Å². The molecule has 3 heterocycles. The summed E-state index contributed by atoms with van der Waals surface area (Å²) < 4.78 is 12.4. The van der Waals surface area contributed by atoms with Crippen LogP contribution in [0, 0.1) is 13.8 Å². The van der Waals surface area contributed by atoms with Crippen molar-refractivity contribution in [2.24, 2.45) is 0 Å². The Hall–Kier alpha value is -3.34. The van der Waals surface area contributed by atoms with Crippen molar-refractivity contribution >= 4 is 22.7 Å². The van der Waals surface area contributed by atoms with Crippen LogP contribution in [0.1, 0.15) is 53.9 Å². The maximum absolute atomic E-state index is 12.0. The lowest BCUT2D eigenvalue weighted by molar-refractivity contribution is -0.114. The molecule has 0 bridgehead atoms. The lowest BCUT2D eigenvalue weighted by Gasteiger charge is -2.15. The number of carbonyl (C=O) groups excluding carboxylic acids is 1. The Kier molecular flexibility index (Phi) is 4.97. The number of nitrogens with zero attached hydrogens (tertiary/aromatic N) is 1. The van der Waals surface area contributed by atoms with Crippen LogP contribution in [0.25, 0.3) is 11.1 Å². The molecule has 0 aliphatic heterocycles. The summed E-state index contributed by atoms with van der Waals surface area (Å²) in [7, 11) is 0. The molecule has 148 valence electrons. The maximum atomic E-state index is 12.0. The average molecular weight is 388 g/mol. The van der Waals surface area contributed by atoms with Crippen molar-refractivity contribution in [3.05, 3.63) is 82.6 Å². The smallest absolute Gasteiger partial charge is 0.228 e. The van der Waals surface area contributed by atoms with Gasteiger partial charge in [-0.1, -0.05) is 37.3 Å². The molecular weight excluding hydrogens is 364 g/mol. The van der Waals surface area contributed by atoms with Gasteiger partial charge in [-0.15, -0.1) is 0 Å². The molecule has 0 aliphatic carbocycles. The number of aryl methyl sites for hydroxylation is 3. The molecule has 1 aromatic carbocycles. The molecular formula is C24H24N2O3. The number of hydrogen-bond donors (Lipinski definition) is 1. The number of carbonyl (C=O) groups is 1. The zero-order valence-electron chi connectivity index (χ0n) is 17.1. The standard InChI is InChI=1S/C24H24N2O3/c1-5-18-11-12-19(28-18)21(17-9-7-6-8-10-17)23-22(26-16(4)27)20-14(2)13-15(3)25-24(20)29-23/h6-13,21H,5H2,1-4H3,(H,26,27). The minimum Gasteiger partial charge on any atom is -0.465 e. The zero-order chi connectivity index (χ0) is 20.5. The van der Waals surface area contributed by atoms with Gasteiger partial charge in [-0.3, -0.25) is 4.79 Å². The number of furan rings is 2. The first-order valence-corrected chi connectivity index (χ1v) is 9.79. The number of aromatic nitrogens is 1. The first-order chi connectivity index (χ1) is 14.0. The fraction of sp³-hybridized carbons (Fsp3) is 0.250. The van der Waals surface area contributed by atoms with Gasteiger partial charge in [0.1, 0.15) is 23.2 Å². The monoisotopic (exact) mass is 388 g/mol. The highest BCUT2D eigenvalue weighted by Crippen LogP contribution is 2.43. The first kappa shape index (κ1) is 19.0. The second-order valence-electron chi connectivity index (χ2n) is 7.28. The summed E-state index contributed by atoms with van der Waals surface area (Å²) in [5.74, 6) is 1.85. The number of anilines is 1. The Morgan fingerprint density at radius 3 is 2.52 bits per heavy atom. The molecule has 1 amide bonds. The summed E-state index contributed by atoms with van der Waals surface area (Å²) in [4.78, 5) is 16.6. The van der Waals surface area contributed by atoms with Crippen LogP contribution < -0.4 is 5.32 Å². The molecule has 4 aromatic rings. The second-order valence-corrected chi connectivity index (χ2v) is 7.28. The third kappa shape index (κ3) is 3.56. The largest absolute Gasteiger partial charge is 0.465 e. The van der Waals surface area contributed by atoms with Crippen molar-refractivity contribution in [2.75, 3.05) is 5.32 Å². The lowest BCUT2D eigenvalue weighted by atomic mass is 9.92. The van der Waals surface area contributed by atoms with Crippen LogP contribution >= 0.6 is 0 Å². The molecule has 0 saturated heterocycles. The summed E-state index contributed by atoms with van der Waals surface area (Å²) in [6, 6.07) is 16.0. The third-order valence-corrected chi connectivity index (χ3v) is 5.03. The van der Waals surface area contributed by atoms with Crippen molar-refractivity contribution in [3.8, 4) is 0 Å². The summed E-state index contributed by atoms with van der Waals surface area (Å²) in [6.07, 6.45) is 0.806. The van der Waals surface area contributed by atoms with E-state index < -0.39 is 0 Å². The van der Waals surface area contributed by atoms with Crippen LogP contribution in [0.3, 0.4) is 0 Å². The van der Waals surface area contributed by atoms with Crippen molar-refractivity contribution in [1.29, 1.82) is 0 Å².